The Bertz CT molecular complexity index is 745. The highest BCUT2D eigenvalue weighted by Gasteiger charge is 2.20. The second-order valence-electron chi connectivity index (χ2n) is 4.98. The molecule has 0 spiro atoms. The molecule has 0 amide bonds. The van der Waals surface area contributed by atoms with E-state index in [9.17, 15) is 8.42 Å². The van der Waals surface area contributed by atoms with E-state index < -0.39 is 10.0 Å². The fourth-order valence-electron chi connectivity index (χ4n) is 2.00. The molecule has 0 unspecified atom stereocenters. The predicted molar refractivity (Wildman–Crippen MR) is 87.1 cm³/mol. The third-order valence-corrected chi connectivity index (χ3v) is 5.67. The molecule has 1 N–H and O–H groups in total. The smallest absolute Gasteiger partial charge is 0.240 e. The number of likely N-dealkylation sites (N-methyl/N-ethyl adjacent to an activating group) is 1. The van der Waals surface area contributed by atoms with Gasteiger partial charge in [-0.2, -0.15) is 5.26 Å². The van der Waals surface area contributed by atoms with Gasteiger partial charge >= 0.3 is 0 Å². The van der Waals surface area contributed by atoms with Gasteiger partial charge in [0, 0.05) is 11.4 Å². The minimum absolute atomic E-state index is 0.0202. The van der Waals surface area contributed by atoms with Gasteiger partial charge in [0.1, 0.15) is 0 Å². The number of rotatable bonds is 6. The maximum absolute atomic E-state index is 12.3. The van der Waals surface area contributed by atoms with Gasteiger partial charge in [-0.1, -0.05) is 6.07 Å². The molecule has 5 nitrogen and oxygen atoms in total. The normalized spacial score (nSPS) is 13.0. The first-order valence-corrected chi connectivity index (χ1v) is 9.00. The van der Waals surface area contributed by atoms with Crippen LogP contribution in [0.4, 0.5) is 0 Å². The van der Waals surface area contributed by atoms with E-state index in [1.165, 1.54) is 24.3 Å². The van der Waals surface area contributed by atoms with Gasteiger partial charge in [0.15, 0.2) is 0 Å². The van der Waals surface area contributed by atoms with Gasteiger partial charge in [-0.25, -0.2) is 13.1 Å². The molecule has 0 fully saturated rings. The first-order valence-electron chi connectivity index (χ1n) is 6.63. The van der Waals surface area contributed by atoms with Crippen molar-refractivity contribution in [2.45, 2.75) is 10.9 Å². The van der Waals surface area contributed by atoms with Crippen LogP contribution in [-0.4, -0.2) is 34.0 Å². The van der Waals surface area contributed by atoms with Gasteiger partial charge in [-0.3, -0.25) is 0 Å². The van der Waals surface area contributed by atoms with E-state index in [1.54, 1.807) is 11.3 Å². The maximum atomic E-state index is 12.3. The lowest BCUT2D eigenvalue weighted by molar-refractivity contribution is 0.303. The molecule has 2 aromatic rings. The molecule has 2 rings (SSSR count). The number of benzene rings is 1. The lowest BCUT2D eigenvalue weighted by Crippen LogP contribution is -2.34. The lowest BCUT2D eigenvalue weighted by Gasteiger charge is -2.23. The minimum Gasteiger partial charge on any atom is -0.300 e. The topological polar surface area (TPSA) is 73.2 Å². The van der Waals surface area contributed by atoms with Crippen molar-refractivity contribution in [3.63, 3.8) is 0 Å². The van der Waals surface area contributed by atoms with Crippen LogP contribution in [-0.2, 0) is 10.0 Å². The van der Waals surface area contributed by atoms with Crippen LogP contribution in [0.1, 0.15) is 16.5 Å². The first-order chi connectivity index (χ1) is 10.4. The summed E-state index contributed by atoms with van der Waals surface area (Å²) in [6.45, 7) is 0.288. The molecule has 1 heterocycles. The molecule has 0 saturated heterocycles. The average Bonchev–Trinajstić information content (AvgIpc) is 3.01. The third kappa shape index (κ3) is 3.93. The summed E-state index contributed by atoms with van der Waals surface area (Å²) < 4.78 is 27.3. The molecule has 0 bridgehead atoms. The van der Waals surface area contributed by atoms with Crippen LogP contribution in [0.2, 0.25) is 0 Å². The monoisotopic (exact) mass is 335 g/mol. The van der Waals surface area contributed by atoms with Crippen LogP contribution in [0.5, 0.6) is 0 Å². The van der Waals surface area contributed by atoms with Gasteiger partial charge in [0.25, 0.3) is 0 Å². The van der Waals surface area contributed by atoms with Crippen molar-refractivity contribution in [3.05, 3.63) is 52.2 Å². The number of hydrogen-bond donors (Lipinski definition) is 1. The Balaban J connectivity index is 2.12. The second-order valence-corrected chi connectivity index (χ2v) is 7.73. The van der Waals surface area contributed by atoms with Crippen LogP contribution in [0.3, 0.4) is 0 Å². The van der Waals surface area contributed by atoms with Crippen LogP contribution in [0.25, 0.3) is 0 Å². The molecular formula is C15H17N3O2S2. The van der Waals surface area contributed by atoms with E-state index in [0.29, 0.717) is 5.56 Å². The summed E-state index contributed by atoms with van der Waals surface area (Å²) in [5, 5.41) is 10.7. The van der Waals surface area contributed by atoms with E-state index in [0.717, 1.165) is 4.88 Å². The van der Waals surface area contributed by atoms with Crippen LogP contribution in [0.15, 0.2) is 46.7 Å². The van der Waals surface area contributed by atoms with E-state index in [2.05, 4.69) is 4.72 Å². The van der Waals surface area contributed by atoms with Crippen molar-refractivity contribution in [3.8, 4) is 6.07 Å². The molecule has 1 atom stereocenters. The molecule has 7 heteroatoms. The fraction of sp³-hybridized carbons (Fsp3) is 0.267. The molecule has 0 aliphatic heterocycles. The van der Waals surface area contributed by atoms with Crippen molar-refractivity contribution < 1.29 is 8.42 Å². The number of hydrogen-bond acceptors (Lipinski definition) is 5. The number of nitriles is 1. The van der Waals surface area contributed by atoms with Crippen LogP contribution in [0, 0.1) is 11.3 Å². The van der Waals surface area contributed by atoms with E-state index in [-0.39, 0.29) is 17.5 Å². The Labute approximate surface area is 134 Å². The van der Waals surface area contributed by atoms with Gasteiger partial charge < -0.3 is 4.90 Å². The van der Waals surface area contributed by atoms with Gasteiger partial charge in [-0.05, 0) is 49.8 Å². The highest BCUT2D eigenvalue weighted by Crippen LogP contribution is 2.23. The molecule has 0 radical (unpaired) electrons. The van der Waals surface area contributed by atoms with E-state index in [1.807, 2.05) is 42.6 Å². The van der Waals surface area contributed by atoms with Crippen molar-refractivity contribution in [2.24, 2.45) is 0 Å². The summed E-state index contributed by atoms with van der Waals surface area (Å²) in [6, 6.07) is 11.8. The minimum atomic E-state index is -3.59. The summed E-state index contributed by atoms with van der Waals surface area (Å²) in [7, 11) is 0.248. The largest absolute Gasteiger partial charge is 0.300 e. The summed E-state index contributed by atoms with van der Waals surface area (Å²) in [5.41, 5.74) is 0.434. The summed E-state index contributed by atoms with van der Waals surface area (Å²) in [5.74, 6) is 0. The lowest BCUT2D eigenvalue weighted by atomic mass is 10.2. The first kappa shape index (κ1) is 16.6. The summed E-state index contributed by atoms with van der Waals surface area (Å²) in [4.78, 5) is 3.25. The molecule has 0 aliphatic rings. The Morgan fingerprint density at radius 1 is 1.27 bits per heavy atom. The zero-order chi connectivity index (χ0) is 16.2. The highest BCUT2D eigenvalue weighted by atomic mass is 32.2. The molecule has 0 aliphatic carbocycles. The van der Waals surface area contributed by atoms with Crippen molar-refractivity contribution >= 4 is 21.4 Å². The number of nitrogens with one attached hydrogen (secondary N) is 1. The van der Waals surface area contributed by atoms with Crippen LogP contribution < -0.4 is 4.72 Å². The SMILES string of the molecule is CN(C)[C@H](CNS(=O)(=O)c1ccc(C#N)cc1)c1cccs1. The van der Waals surface area contributed by atoms with E-state index >= 15 is 0 Å². The van der Waals surface area contributed by atoms with Crippen molar-refractivity contribution in [1.29, 1.82) is 5.26 Å². The van der Waals surface area contributed by atoms with Crippen molar-refractivity contribution in [1.82, 2.24) is 9.62 Å². The Morgan fingerprint density at radius 3 is 2.45 bits per heavy atom. The van der Waals surface area contributed by atoms with Gasteiger partial charge in [-0.15, -0.1) is 11.3 Å². The second kappa shape index (κ2) is 7.03. The van der Waals surface area contributed by atoms with Gasteiger partial charge in [0.2, 0.25) is 10.0 Å². The van der Waals surface area contributed by atoms with Crippen LogP contribution >= 0.6 is 11.3 Å². The van der Waals surface area contributed by atoms with E-state index in [4.69, 9.17) is 5.26 Å². The molecule has 22 heavy (non-hydrogen) atoms. The predicted octanol–water partition coefficient (Wildman–Crippen LogP) is 2.20. The Hall–Kier alpha value is -1.72. The zero-order valence-corrected chi connectivity index (χ0v) is 14.0. The number of sulfonamides is 1. The Kier molecular flexibility index (Phi) is 5.32. The summed E-state index contributed by atoms with van der Waals surface area (Å²) in [6.07, 6.45) is 0. The quantitative estimate of drug-likeness (QED) is 0.878. The Morgan fingerprint density at radius 2 is 1.95 bits per heavy atom. The highest BCUT2D eigenvalue weighted by molar-refractivity contribution is 7.89. The molecule has 1 aromatic heterocycles. The number of nitrogens with zero attached hydrogens (tertiary/aromatic N) is 2. The maximum Gasteiger partial charge on any atom is 0.240 e. The fourth-order valence-corrected chi connectivity index (χ4v) is 3.96. The van der Waals surface area contributed by atoms with Gasteiger partial charge in [0.05, 0.1) is 22.6 Å². The molecule has 116 valence electrons. The summed E-state index contributed by atoms with van der Waals surface area (Å²) >= 11 is 1.60. The molecule has 0 saturated carbocycles. The standard InChI is InChI=1S/C15H17N3O2S2/c1-18(2)14(15-4-3-9-21-15)11-17-22(19,20)13-7-5-12(10-16)6-8-13/h3-9,14,17H,11H2,1-2H3/t14-/m1/s1. The molecule has 1 aromatic carbocycles. The number of thiophene rings is 1. The van der Waals surface area contributed by atoms with Crippen molar-refractivity contribution in [2.75, 3.05) is 20.6 Å². The average molecular weight is 335 g/mol. The zero-order valence-electron chi connectivity index (χ0n) is 12.4. The molecular weight excluding hydrogens is 318 g/mol. The third-order valence-electron chi connectivity index (χ3n) is 3.26.